The fourth-order valence-corrected chi connectivity index (χ4v) is 3.13. The Labute approximate surface area is 123 Å². The topological polar surface area (TPSA) is 72.6 Å². The van der Waals surface area contributed by atoms with E-state index in [0.717, 1.165) is 16.4 Å². The smallest absolute Gasteiger partial charge is 0.243 e. The molecule has 1 atom stereocenters. The van der Waals surface area contributed by atoms with Crippen LogP contribution in [0.25, 0.3) is 0 Å². The molecule has 0 heterocycles. The zero-order valence-electron chi connectivity index (χ0n) is 11.5. The van der Waals surface area contributed by atoms with E-state index in [1.54, 1.807) is 6.92 Å². The van der Waals surface area contributed by atoms with E-state index in [4.69, 9.17) is 22.7 Å². The molecule has 20 heavy (non-hydrogen) atoms. The van der Waals surface area contributed by atoms with E-state index in [-0.39, 0.29) is 28.1 Å². The van der Waals surface area contributed by atoms with Gasteiger partial charge in [-0.3, -0.25) is 0 Å². The van der Waals surface area contributed by atoms with Gasteiger partial charge in [-0.15, -0.1) is 0 Å². The number of ether oxygens (including phenoxy) is 1. The molecular formula is C12H17FN2O3S2. The van der Waals surface area contributed by atoms with Gasteiger partial charge in [0.15, 0.2) is 0 Å². The summed E-state index contributed by atoms with van der Waals surface area (Å²) in [6, 6.07) is 3.00. The van der Waals surface area contributed by atoms with Crippen molar-refractivity contribution in [2.24, 2.45) is 5.73 Å². The number of halogens is 1. The minimum Gasteiger partial charge on any atom is -0.389 e. The van der Waals surface area contributed by atoms with Gasteiger partial charge in [0.2, 0.25) is 10.0 Å². The number of benzene rings is 1. The summed E-state index contributed by atoms with van der Waals surface area (Å²) in [6.45, 7) is 1.96. The summed E-state index contributed by atoms with van der Waals surface area (Å²) in [5.74, 6) is -0.649. The van der Waals surface area contributed by atoms with Crippen molar-refractivity contribution in [3.05, 3.63) is 29.6 Å². The molecule has 1 unspecified atom stereocenters. The molecule has 1 aromatic rings. The van der Waals surface area contributed by atoms with Crippen molar-refractivity contribution in [2.45, 2.75) is 17.9 Å². The lowest BCUT2D eigenvalue weighted by Gasteiger charge is -2.23. The molecule has 0 spiro atoms. The quantitative estimate of drug-likeness (QED) is 0.795. The lowest BCUT2D eigenvalue weighted by Crippen LogP contribution is -2.37. The number of thiocarbonyl (C=S) groups is 1. The molecule has 5 nitrogen and oxygen atoms in total. The number of sulfonamides is 1. The molecule has 0 fully saturated rings. The molecule has 0 aliphatic carbocycles. The largest absolute Gasteiger partial charge is 0.389 e. The second-order valence-electron chi connectivity index (χ2n) is 4.33. The van der Waals surface area contributed by atoms with Gasteiger partial charge in [-0.1, -0.05) is 12.2 Å². The highest BCUT2D eigenvalue weighted by Gasteiger charge is 2.26. The Morgan fingerprint density at radius 1 is 1.55 bits per heavy atom. The monoisotopic (exact) mass is 320 g/mol. The third-order valence-corrected chi connectivity index (χ3v) is 5.10. The highest BCUT2D eigenvalue weighted by atomic mass is 32.2. The number of nitrogens with zero attached hydrogens (tertiary/aromatic N) is 1. The predicted molar refractivity (Wildman–Crippen MR) is 78.6 cm³/mol. The summed E-state index contributed by atoms with van der Waals surface area (Å²) in [5, 5.41) is 0. The Balaban J connectivity index is 3.22. The van der Waals surface area contributed by atoms with E-state index in [2.05, 4.69) is 0 Å². The first-order valence-corrected chi connectivity index (χ1v) is 7.63. The van der Waals surface area contributed by atoms with Crippen LogP contribution in [0.4, 0.5) is 4.39 Å². The Morgan fingerprint density at radius 3 is 2.65 bits per heavy atom. The van der Waals surface area contributed by atoms with Crippen LogP contribution in [0, 0.1) is 5.82 Å². The Hall–Kier alpha value is -1.09. The van der Waals surface area contributed by atoms with Crippen LogP contribution < -0.4 is 5.73 Å². The molecule has 0 amide bonds. The molecule has 0 aliphatic rings. The average Bonchev–Trinajstić information content (AvgIpc) is 2.37. The fraction of sp³-hybridized carbons (Fsp3) is 0.417. The van der Waals surface area contributed by atoms with Crippen LogP contribution in [0.3, 0.4) is 0 Å². The molecule has 0 radical (unpaired) electrons. The number of rotatable bonds is 6. The second kappa shape index (κ2) is 6.57. The van der Waals surface area contributed by atoms with Crippen LogP contribution in [0.1, 0.15) is 12.5 Å². The highest BCUT2D eigenvalue weighted by Crippen LogP contribution is 2.20. The highest BCUT2D eigenvalue weighted by molar-refractivity contribution is 7.89. The van der Waals surface area contributed by atoms with Crippen LogP contribution in [-0.2, 0) is 14.8 Å². The van der Waals surface area contributed by atoms with Gasteiger partial charge in [0.25, 0.3) is 0 Å². The summed E-state index contributed by atoms with van der Waals surface area (Å²) in [7, 11) is -0.842. The maximum absolute atomic E-state index is 13.5. The van der Waals surface area contributed by atoms with Gasteiger partial charge in [-0.05, 0) is 25.1 Å². The van der Waals surface area contributed by atoms with Crippen LogP contribution in [-0.4, -0.2) is 44.5 Å². The van der Waals surface area contributed by atoms with E-state index in [9.17, 15) is 12.8 Å². The minimum absolute atomic E-state index is 0.0628. The van der Waals surface area contributed by atoms with Crippen LogP contribution in [0.2, 0.25) is 0 Å². The van der Waals surface area contributed by atoms with E-state index < -0.39 is 15.8 Å². The molecule has 1 aromatic carbocycles. The van der Waals surface area contributed by atoms with Crippen molar-refractivity contribution >= 4 is 27.2 Å². The zero-order chi connectivity index (χ0) is 15.5. The van der Waals surface area contributed by atoms with Crippen LogP contribution in [0.5, 0.6) is 0 Å². The van der Waals surface area contributed by atoms with Gasteiger partial charge in [-0.2, -0.15) is 4.31 Å². The van der Waals surface area contributed by atoms with Crippen molar-refractivity contribution in [3.63, 3.8) is 0 Å². The second-order valence-corrected chi connectivity index (χ2v) is 6.77. The SMILES string of the molecule is COCC(C)N(C)S(=O)(=O)c1ccc(F)c(C(N)=S)c1. The number of hydrogen-bond donors (Lipinski definition) is 1. The average molecular weight is 320 g/mol. The molecule has 0 bridgehead atoms. The van der Waals surface area contributed by atoms with Crippen molar-refractivity contribution in [1.82, 2.24) is 4.31 Å². The van der Waals surface area contributed by atoms with E-state index in [0.29, 0.717) is 0 Å². The first-order valence-electron chi connectivity index (χ1n) is 5.78. The lowest BCUT2D eigenvalue weighted by molar-refractivity contribution is 0.149. The van der Waals surface area contributed by atoms with Gasteiger partial charge < -0.3 is 10.5 Å². The molecule has 0 saturated heterocycles. The van der Waals surface area contributed by atoms with Gasteiger partial charge >= 0.3 is 0 Å². The summed E-state index contributed by atoms with van der Waals surface area (Å²) in [5.41, 5.74) is 5.28. The van der Waals surface area contributed by atoms with Gasteiger partial charge in [0, 0.05) is 25.8 Å². The number of methoxy groups -OCH3 is 1. The summed E-state index contributed by atoms with van der Waals surface area (Å²) in [4.78, 5) is -0.251. The van der Waals surface area contributed by atoms with E-state index in [1.807, 2.05) is 0 Å². The van der Waals surface area contributed by atoms with Gasteiger partial charge in [-0.25, -0.2) is 12.8 Å². The van der Waals surface area contributed by atoms with E-state index >= 15 is 0 Å². The molecule has 8 heteroatoms. The number of nitrogens with two attached hydrogens (primary N) is 1. The Morgan fingerprint density at radius 2 is 2.15 bits per heavy atom. The molecule has 2 N–H and O–H groups in total. The summed E-state index contributed by atoms with van der Waals surface area (Å²) < 4.78 is 44.4. The number of hydrogen-bond acceptors (Lipinski definition) is 4. The Kier molecular flexibility index (Phi) is 5.58. The normalized spacial score (nSPS) is 13.4. The molecule has 1 rings (SSSR count). The first kappa shape index (κ1) is 17.0. The Bertz CT molecular complexity index is 605. The van der Waals surface area contributed by atoms with Crippen molar-refractivity contribution in [1.29, 1.82) is 0 Å². The standard InChI is InChI=1S/C12H17FN2O3S2/c1-8(7-18-3)15(2)20(16,17)9-4-5-11(13)10(6-9)12(14)19/h4-6,8H,7H2,1-3H3,(H2,14,19). The minimum atomic E-state index is -3.76. The maximum atomic E-state index is 13.5. The van der Waals surface area contributed by atoms with Crippen molar-refractivity contribution in [3.8, 4) is 0 Å². The van der Waals surface area contributed by atoms with E-state index in [1.165, 1.54) is 20.2 Å². The predicted octanol–water partition coefficient (Wildman–Crippen LogP) is 1.12. The summed E-state index contributed by atoms with van der Waals surface area (Å²) in [6.07, 6.45) is 0. The lowest BCUT2D eigenvalue weighted by atomic mass is 10.2. The fourth-order valence-electron chi connectivity index (χ4n) is 1.60. The molecule has 112 valence electrons. The zero-order valence-corrected chi connectivity index (χ0v) is 13.1. The van der Waals surface area contributed by atoms with Gasteiger partial charge in [0.05, 0.1) is 11.5 Å². The van der Waals surface area contributed by atoms with Crippen LogP contribution >= 0.6 is 12.2 Å². The molecule has 0 aliphatic heterocycles. The molecular weight excluding hydrogens is 303 g/mol. The van der Waals surface area contributed by atoms with Gasteiger partial charge in [0.1, 0.15) is 10.8 Å². The van der Waals surface area contributed by atoms with Crippen LogP contribution in [0.15, 0.2) is 23.1 Å². The van der Waals surface area contributed by atoms with Crippen molar-refractivity contribution < 1.29 is 17.5 Å². The third-order valence-electron chi connectivity index (χ3n) is 2.91. The van der Waals surface area contributed by atoms with Crippen molar-refractivity contribution in [2.75, 3.05) is 20.8 Å². The third kappa shape index (κ3) is 3.51. The molecule has 0 saturated carbocycles. The maximum Gasteiger partial charge on any atom is 0.243 e. The summed E-state index contributed by atoms with van der Waals surface area (Å²) >= 11 is 4.70. The number of likely N-dealkylation sites (N-methyl/N-ethyl adjacent to an activating group) is 1. The molecule has 0 aromatic heterocycles. The first-order chi connectivity index (χ1) is 9.21.